The molecule has 1 aromatic heterocycles. The molecule has 1 N–H and O–H groups in total. The number of rotatable bonds is 1. The number of halogens is 2. The Morgan fingerprint density at radius 2 is 2.44 bits per heavy atom. The molecule has 0 saturated heterocycles. The Morgan fingerprint density at radius 3 is 2.67 bits per heavy atom. The molecule has 0 atom stereocenters. The molecule has 0 amide bonds. The molecule has 1 aromatic rings. The first kappa shape index (κ1) is 7.63. The second-order valence-electron chi connectivity index (χ2n) is 1.49. The van der Waals surface area contributed by atoms with Crippen LogP contribution in [0.15, 0.2) is 6.07 Å². The van der Waals surface area contributed by atoms with Gasteiger partial charge in [0.1, 0.15) is 0 Å². The van der Waals surface area contributed by atoms with Gasteiger partial charge >= 0.3 is 0 Å². The van der Waals surface area contributed by atoms with Crippen molar-refractivity contribution in [2.45, 2.75) is 0 Å². The van der Waals surface area contributed by atoms with Gasteiger partial charge in [0.05, 0.1) is 12.9 Å². The first-order chi connectivity index (χ1) is 4.24. The normalized spacial score (nSPS) is 9.67. The molecule has 9 heavy (non-hydrogen) atoms. The third-order valence-electron chi connectivity index (χ3n) is 0.926. The van der Waals surface area contributed by atoms with Gasteiger partial charge < -0.3 is 5.32 Å². The summed E-state index contributed by atoms with van der Waals surface area (Å²) in [5.41, 5.74) is 1.12. The van der Waals surface area contributed by atoms with Crippen LogP contribution in [0.3, 0.4) is 0 Å². The minimum absolute atomic E-state index is 0.837. The average Bonchev–Trinajstić information content (AvgIpc) is 2.10. The van der Waals surface area contributed by atoms with E-state index in [-0.39, 0.29) is 0 Å². The van der Waals surface area contributed by atoms with E-state index in [2.05, 4.69) is 27.9 Å². The lowest BCUT2D eigenvalue weighted by molar-refractivity contribution is 1.55. The largest absolute Gasteiger partial charge is 0.387 e. The Kier molecular flexibility index (Phi) is 2.60. The maximum absolute atomic E-state index is 5.72. The van der Waals surface area contributed by atoms with Gasteiger partial charge in [0.15, 0.2) is 0 Å². The molecule has 0 spiro atoms. The topological polar surface area (TPSA) is 12.0 Å². The highest BCUT2D eigenvalue weighted by Gasteiger charge is 2.00. The summed E-state index contributed by atoms with van der Waals surface area (Å²) in [5, 5.41) is 3.03. The van der Waals surface area contributed by atoms with Gasteiger partial charge in [-0.3, -0.25) is 0 Å². The second-order valence-corrected chi connectivity index (χ2v) is 4.98. The molecule has 1 rings (SSSR count). The molecular weight excluding hydrogens is 268 g/mol. The van der Waals surface area contributed by atoms with E-state index in [9.17, 15) is 0 Å². The third kappa shape index (κ3) is 1.72. The molecule has 0 fully saturated rings. The van der Waals surface area contributed by atoms with Crippen molar-refractivity contribution in [2.75, 3.05) is 12.4 Å². The van der Waals surface area contributed by atoms with Crippen LogP contribution in [0, 0.1) is 2.88 Å². The van der Waals surface area contributed by atoms with Gasteiger partial charge in [0.25, 0.3) is 0 Å². The first-order valence-corrected chi connectivity index (χ1v) is 4.64. The summed E-state index contributed by atoms with van der Waals surface area (Å²) in [6, 6.07) is 1.92. The van der Waals surface area contributed by atoms with E-state index in [0.29, 0.717) is 0 Å². The molecule has 0 bridgehead atoms. The Morgan fingerprint density at radius 1 is 1.78 bits per heavy atom. The molecule has 0 radical (unpaired) electrons. The molecule has 1 heterocycles. The zero-order chi connectivity index (χ0) is 6.85. The fourth-order valence-electron chi connectivity index (χ4n) is 0.511. The summed E-state index contributed by atoms with van der Waals surface area (Å²) < 4.78 is 2.05. The quantitative estimate of drug-likeness (QED) is 0.776. The zero-order valence-electron chi connectivity index (χ0n) is 4.74. The maximum Gasteiger partial charge on any atom is 0.0960 e. The van der Waals surface area contributed by atoms with Crippen molar-refractivity contribution >= 4 is 51.2 Å². The molecule has 4 heteroatoms. The van der Waals surface area contributed by atoms with Crippen LogP contribution >= 0.6 is 45.5 Å². The van der Waals surface area contributed by atoms with Crippen LogP contribution in [0.4, 0.5) is 5.69 Å². The molecule has 0 aliphatic carbocycles. The number of hydrogen-bond donors (Lipinski definition) is 1. The van der Waals surface area contributed by atoms with Crippen LogP contribution in [-0.4, -0.2) is 7.05 Å². The molecule has 1 nitrogen and oxygen atoms in total. The van der Waals surface area contributed by atoms with E-state index in [0.717, 1.165) is 10.0 Å². The monoisotopic (exact) mass is 273 g/mol. The van der Waals surface area contributed by atoms with Crippen molar-refractivity contribution in [1.82, 2.24) is 0 Å². The maximum atomic E-state index is 5.72. The summed E-state index contributed by atoms with van der Waals surface area (Å²) in [5.74, 6) is 0. The highest BCUT2D eigenvalue weighted by atomic mass is 127. The lowest BCUT2D eigenvalue weighted by Crippen LogP contribution is -1.84. The van der Waals surface area contributed by atoms with Crippen molar-refractivity contribution < 1.29 is 0 Å². The highest BCUT2D eigenvalue weighted by Crippen LogP contribution is 2.31. The minimum atomic E-state index is 0.837. The van der Waals surface area contributed by atoms with Crippen LogP contribution in [0.2, 0.25) is 4.34 Å². The van der Waals surface area contributed by atoms with Crippen molar-refractivity contribution in [3.8, 4) is 0 Å². The average molecular weight is 274 g/mol. The van der Waals surface area contributed by atoms with E-state index in [1.54, 1.807) is 11.3 Å². The third-order valence-corrected chi connectivity index (χ3v) is 3.22. The van der Waals surface area contributed by atoms with Gasteiger partial charge in [0, 0.05) is 7.05 Å². The van der Waals surface area contributed by atoms with E-state index >= 15 is 0 Å². The predicted octanol–water partition coefficient (Wildman–Crippen LogP) is 3.05. The summed E-state index contributed by atoms with van der Waals surface area (Å²) >= 11 is 9.55. The van der Waals surface area contributed by atoms with Gasteiger partial charge in [-0.1, -0.05) is 11.6 Å². The molecule has 0 aromatic carbocycles. The highest BCUT2D eigenvalue weighted by molar-refractivity contribution is 14.1. The fraction of sp³-hybridized carbons (Fsp3) is 0.200. The van der Waals surface area contributed by atoms with Gasteiger partial charge in [-0.25, -0.2) is 0 Å². The number of anilines is 1. The molecular formula is C5H5ClINS. The van der Waals surface area contributed by atoms with Crippen molar-refractivity contribution in [1.29, 1.82) is 0 Å². The molecule has 0 aliphatic heterocycles. The lowest BCUT2D eigenvalue weighted by Gasteiger charge is -1.91. The van der Waals surface area contributed by atoms with Crippen LogP contribution in [-0.2, 0) is 0 Å². The van der Waals surface area contributed by atoms with Gasteiger partial charge in [-0.05, 0) is 28.7 Å². The Hall–Kier alpha value is 0.520. The molecule has 0 saturated carbocycles. The smallest absolute Gasteiger partial charge is 0.0960 e. The number of nitrogens with one attached hydrogen (secondary N) is 1. The Bertz CT molecular complexity index is 211. The second kappa shape index (κ2) is 3.07. The van der Waals surface area contributed by atoms with Crippen molar-refractivity contribution in [3.05, 3.63) is 13.3 Å². The fourth-order valence-corrected chi connectivity index (χ4v) is 3.00. The predicted molar refractivity (Wildman–Crippen MR) is 51.6 cm³/mol. The zero-order valence-corrected chi connectivity index (χ0v) is 8.47. The summed E-state index contributed by atoms with van der Waals surface area (Å²) in [6.45, 7) is 0. The minimum Gasteiger partial charge on any atom is -0.387 e. The van der Waals surface area contributed by atoms with Crippen molar-refractivity contribution in [2.24, 2.45) is 0 Å². The number of hydrogen-bond acceptors (Lipinski definition) is 2. The summed E-state index contributed by atoms with van der Waals surface area (Å²) in [4.78, 5) is 0. The lowest BCUT2D eigenvalue weighted by atomic mass is 10.5. The van der Waals surface area contributed by atoms with Gasteiger partial charge in [0.2, 0.25) is 0 Å². The summed E-state index contributed by atoms with van der Waals surface area (Å²) in [7, 11) is 1.89. The SMILES string of the molecule is CNc1cc(Cl)sc1I. The van der Waals surface area contributed by atoms with E-state index in [1.807, 2.05) is 13.1 Å². The standard InChI is InChI=1S/C5H5ClINS/c1-8-3-2-4(6)9-5(3)7/h2,8H,1H3. The molecule has 0 unspecified atom stereocenters. The van der Waals surface area contributed by atoms with E-state index < -0.39 is 0 Å². The van der Waals surface area contributed by atoms with E-state index in [1.165, 1.54) is 2.88 Å². The first-order valence-electron chi connectivity index (χ1n) is 2.36. The van der Waals surface area contributed by atoms with Gasteiger partial charge in [-0.2, -0.15) is 0 Å². The van der Waals surface area contributed by atoms with Crippen LogP contribution in [0.25, 0.3) is 0 Å². The molecule has 0 aliphatic rings. The van der Waals surface area contributed by atoms with Crippen LogP contribution in [0.5, 0.6) is 0 Å². The van der Waals surface area contributed by atoms with Crippen molar-refractivity contribution in [3.63, 3.8) is 0 Å². The molecule has 50 valence electrons. The van der Waals surface area contributed by atoms with Gasteiger partial charge in [-0.15, -0.1) is 11.3 Å². The van der Waals surface area contributed by atoms with Crippen LogP contribution in [0.1, 0.15) is 0 Å². The summed E-state index contributed by atoms with van der Waals surface area (Å²) in [6.07, 6.45) is 0. The number of thiophene rings is 1. The Labute approximate surface area is 76.6 Å². The Balaban J connectivity index is 3.01. The van der Waals surface area contributed by atoms with E-state index in [4.69, 9.17) is 11.6 Å². The van der Waals surface area contributed by atoms with Crippen LogP contribution < -0.4 is 5.32 Å².